The van der Waals surface area contributed by atoms with E-state index in [-0.39, 0.29) is 6.10 Å². The second kappa shape index (κ2) is 18.0. The van der Waals surface area contributed by atoms with Crippen molar-refractivity contribution in [1.82, 2.24) is 0 Å². The van der Waals surface area contributed by atoms with Crippen LogP contribution in [0.1, 0.15) is 116 Å². The van der Waals surface area contributed by atoms with Crippen LogP contribution in [0.15, 0.2) is 0 Å². The number of aliphatic hydroxyl groups excluding tert-OH is 1. The van der Waals surface area contributed by atoms with Crippen LogP contribution in [-0.4, -0.2) is 11.2 Å². The summed E-state index contributed by atoms with van der Waals surface area (Å²) in [5.74, 6) is 0. The normalized spacial score (nSPS) is 12.7. The van der Waals surface area contributed by atoms with Gasteiger partial charge in [-0.05, 0) is 12.8 Å². The second-order valence-corrected chi connectivity index (χ2v) is 6.68. The molecule has 1 atom stereocenters. The van der Waals surface area contributed by atoms with Gasteiger partial charge in [-0.2, -0.15) is 0 Å². The largest absolute Gasteiger partial charge is 0.393 e. The molecule has 0 aromatic heterocycles. The number of aliphatic hydroxyl groups is 1. The number of hydrogen-bond acceptors (Lipinski definition) is 1. The van der Waals surface area contributed by atoms with Crippen molar-refractivity contribution in [2.45, 2.75) is 122 Å². The average Bonchev–Trinajstić information content (AvgIpc) is 2.50. The lowest BCUT2D eigenvalue weighted by Gasteiger charge is -2.06. The molecule has 0 heterocycles. The molecule has 0 aromatic carbocycles. The zero-order valence-corrected chi connectivity index (χ0v) is 14.8. The molecule has 0 fully saturated rings. The van der Waals surface area contributed by atoms with Crippen LogP contribution in [0, 0.1) is 6.92 Å². The Morgan fingerprint density at radius 2 is 0.952 bits per heavy atom. The van der Waals surface area contributed by atoms with E-state index in [0.29, 0.717) is 6.42 Å². The van der Waals surface area contributed by atoms with Crippen LogP contribution in [0.3, 0.4) is 0 Å². The molecule has 0 amide bonds. The van der Waals surface area contributed by atoms with Gasteiger partial charge in [-0.15, -0.1) is 0 Å². The molecule has 1 nitrogen and oxygen atoms in total. The van der Waals surface area contributed by atoms with Crippen molar-refractivity contribution in [3.05, 3.63) is 6.92 Å². The smallest absolute Gasteiger partial charge is 0.0540 e. The Balaban J connectivity index is 2.96. The topological polar surface area (TPSA) is 20.2 Å². The minimum atomic E-state index is -0.160. The zero-order valence-electron chi connectivity index (χ0n) is 14.8. The van der Waals surface area contributed by atoms with Gasteiger partial charge in [0.1, 0.15) is 0 Å². The number of rotatable bonds is 17. The van der Waals surface area contributed by atoms with Gasteiger partial charge in [0.15, 0.2) is 0 Å². The summed E-state index contributed by atoms with van der Waals surface area (Å²) in [4.78, 5) is 0. The highest BCUT2D eigenvalue weighted by Gasteiger charge is 1.99. The van der Waals surface area contributed by atoms with E-state index in [1.165, 1.54) is 96.3 Å². The van der Waals surface area contributed by atoms with E-state index in [4.69, 9.17) is 0 Å². The SMILES string of the molecule is [CH2]CC(O)CCCCCCCCCCCCCCCCC. The minimum absolute atomic E-state index is 0.160. The molecule has 0 aliphatic heterocycles. The van der Waals surface area contributed by atoms with E-state index in [1.807, 2.05) is 0 Å². The lowest BCUT2D eigenvalue weighted by atomic mass is 10.0. The van der Waals surface area contributed by atoms with Gasteiger partial charge < -0.3 is 5.11 Å². The predicted molar refractivity (Wildman–Crippen MR) is 95.5 cm³/mol. The Bertz CT molecular complexity index is 179. The molecule has 1 N–H and O–H groups in total. The van der Waals surface area contributed by atoms with Gasteiger partial charge in [-0.3, -0.25) is 0 Å². The van der Waals surface area contributed by atoms with E-state index < -0.39 is 0 Å². The van der Waals surface area contributed by atoms with Gasteiger partial charge in [0.2, 0.25) is 0 Å². The highest BCUT2D eigenvalue weighted by atomic mass is 16.3. The first-order valence-corrected chi connectivity index (χ1v) is 9.78. The quantitative estimate of drug-likeness (QED) is 0.292. The van der Waals surface area contributed by atoms with E-state index in [9.17, 15) is 5.11 Å². The van der Waals surface area contributed by atoms with Gasteiger partial charge in [-0.25, -0.2) is 0 Å². The fraction of sp³-hybridized carbons (Fsp3) is 0.950. The van der Waals surface area contributed by atoms with Gasteiger partial charge in [-0.1, -0.05) is 110 Å². The van der Waals surface area contributed by atoms with Crippen molar-refractivity contribution in [2.24, 2.45) is 0 Å². The van der Waals surface area contributed by atoms with Crippen LogP contribution in [0.2, 0.25) is 0 Å². The van der Waals surface area contributed by atoms with Crippen molar-refractivity contribution >= 4 is 0 Å². The molecular weight excluding hydrogens is 256 g/mol. The summed E-state index contributed by atoms with van der Waals surface area (Å²) in [7, 11) is 0. The van der Waals surface area contributed by atoms with Crippen LogP contribution in [-0.2, 0) is 0 Å². The van der Waals surface area contributed by atoms with Crippen LogP contribution < -0.4 is 0 Å². The molecule has 1 radical (unpaired) electrons. The molecule has 0 aromatic rings. The summed E-state index contributed by atoms with van der Waals surface area (Å²) in [5.41, 5.74) is 0. The monoisotopic (exact) mass is 297 g/mol. The summed E-state index contributed by atoms with van der Waals surface area (Å²) < 4.78 is 0. The van der Waals surface area contributed by atoms with Gasteiger partial charge in [0.25, 0.3) is 0 Å². The van der Waals surface area contributed by atoms with E-state index in [0.717, 1.165) is 6.42 Å². The van der Waals surface area contributed by atoms with E-state index >= 15 is 0 Å². The highest BCUT2D eigenvalue weighted by Crippen LogP contribution is 2.14. The van der Waals surface area contributed by atoms with Crippen LogP contribution in [0.25, 0.3) is 0 Å². The molecule has 0 saturated carbocycles. The molecule has 1 unspecified atom stereocenters. The second-order valence-electron chi connectivity index (χ2n) is 6.68. The zero-order chi connectivity index (χ0) is 15.6. The third-order valence-corrected chi connectivity index (χ3v) is 4.47. The summed E-state index contributed by atoms with van der Waals surface area (Å²) in [6.07, 6.45) is 22.4. The number of unbranched alkanes of at least 4 members (excludes halogenated alkanes) is 14. The Morgan fingerprint density at radius 1 is 0.619 bits per heavy atom. The molecule has 0 aliphatic rings. The lowest BCUT2D eigenvalue weighted by Crippen LogP contribution is -2.03. The van der Waals surface area contributed by atoms with Crippen molar-refractivity contribution in [3.63, 3.8) is 0 Å². The minimum Gasteiger partial charge on any atom is -0.393 e. The van der Waals surface area contributed by atoms with Crippen LogP contribution in [0.4, 0.5) is 0 Å². The Kier molecular flexibility index (Phi) is 18.0. The predicted octanol–water partition coefficient (Wildman–Crippen LogP) is 6.83. The van der Waals surface area contributed by atoms with Crippen molar-refractivity contribution in [2.75, 3.05) is 0 Å². The molecule has 0 saturated heterocycles. The van der Waals surface area contributed by atoms with Crippen molar-refractivity contribution in [3.8, 4) is 0 Å². The molecule has 21 heavy (non-hydrogen) atoms. The molecule has 1 heteroatoms. The third-order valence-electron chi connectivity index (χ3n) is 4.47. The Labute approximate surface area is 134 Å². The first kappa shape index (κ1) is 21.0. The highest BCUT2D eigenvalue weighted by molar-refractivity contribution is 4.57. The van der Waals surface area contributed by atoms with Gasteiger partial charge in [0, 0.05) is 0 Å². The maximum Gasteiger partial charge on any atom is 0.0540 e. The Hall–Kier alpha value is -0.0400. The maximum atomic E-state index is 9.40. The molecule has 0 spiro atoms. The summed E-state index contributed by atoms with van der Waals surface area (Å²) in [5, 5.41) is 9.40. The molecule has 0 rings (SSSR count). The van der Waals surface area contributed by atoms with Crippen LogP contribution in [0.5, 0.6) is 0 Å². The van der Waals surface area contributed by atoms with Crippen LogP contribution >= 0.6 is 0 Å². The van der Waals surface area contributed by atoms with E-state index in [1.54, 1.807) is 0 Å². The van der Waals surface area contributed by atoms with E-state index in [2.05, 4.69) is 13.8 Å². The first-order valence-electron chi connectivity index (χ1n) is 9.78. The van der Waals surface area contributed by atoms with Gasteiger partial charge >= 0.3 is 0 Å². The maximum absolute atomic E-state index is 9.40. The Morgan fingerprint density at radius 3 is 1.29 bits per heavy atom. The van der Waals surface area contributed by atoms with Crippen molar-refractivity contribution < 1.29 is 5.11 Å². The number of hydrogen-bond donors (Lipinski definition) is 1. The standard InChI is InChI=1S/C20H41O/c1-3-5-6-7-8-9-10-11-12-13-14-15-16-17-18-19-20(21)4-2/h20-21H,2-19H2,1H3. The van der Waals surface area contributed by atoms with Gasteiger partial charge in [0.05, 0.1) is 6.10 Å². The molecule has 127 valence electrons. The third kappa shape index (κ3) is 17.9. The fourth-order valence-electron chi connectivity index (χ4n) is 2.90. The first-order chi connectivity index (χ1) is 10.3. The molecule has 0 aliphatic carbocycles. The molecular formula is C20H41O. The molecule has 0 bridgehead atoms. The average molecular weight is 298 g/mol. The summed E-state index contributed by atoms with van der Waals surface area (Å²) >= 11 is 0. The fourth-order valence-corrected chi connectivity index (χ4v) is 2.90. The lowest BCUT2D eigenvalue weighted by molar-refractivity contribution is 0.163. The summed E-state index contributed by atoms with van der Waals surface area (Å²) in [6.45, 7) is 6.01. The van der Waals surface area contributed by atoms with Crippen molar-refractivity contribution in [1.29, 1.82) is 0 Å². The summed E-state index contributed by atoms with van der Waals surface area (Å²) in [6, 6.07) is 0.